The summed E-state index contributed by atoms with van der Waals surface area (Å²) in [5, 5.41) is 12.8. The lowest BCUT2D eigenvalue weighted by atomic mass is 10.0. The van der Waals surface area contributed by atoms with Crippen molar-refractivity contribution in [1.29, 1.82) is 0 Å². The highest BCUT2D eigenvalue weighted by Gasteiger charge is 2.28. The van der Waals surface area contributed by atoms with Gasteiger partial charge in [-0.25, -0.2) is 4.98 Å². The molecule has 0 bridgehead atoms. The minimum atomic E-state index is -0.263. The first-order chi connectivity index (χ1) is 16.9. The summed E-state index contributed by atoms with van der Waals surface area (Å²) in [5.41, 5.74) is 15.8. The number of nitrogen functional groups attached to an aromatic ring is 1. The van der Waals surface area contributed by atoms with Crippen molar-refractivity contribution in [3.8, 4) is 28.2 Å². The summed E-state index contributed by atoms with van der Waals surface area (Å²) in [6.45, 7) is 1.54. The quantitative estimate of drug-likeness (QED) is 0.405. The van der Waals surface area contributed by atoms with Gasteiger partial charge in [0.15, 0.2) is 5.82 Å². The summed E-state index contributed by atoms with van der Waals surface area (Å²) < 4.78 is 1.49. The molecule has 1 saturated heterocycles. The van der Waals surface area contributed by atoms with Crippen LogP contribution in [0.15, 0.2) is 54.7 Å². The van der Waals surface area contributed by atoms with E-state index in [1.807, 2.05) is 30.3 Å². The summed E-state index contributed by atoms with van der Waals surface area (Å²) in [6.07, 6.45) is 3.50. The number of primary amides is 1. The van der Waals surface area contributed by atoms with Gasteiger partial charge in [-0.15, -0.1) is 5.10 Å². The summed E-state index contributed by atoms with van der Waals surface area (Å²) in [6, 6.07) is 15.0. The maximum atomic E-state index is 11.7. The Balaban J connectivity index is 1.44. The smallest absolute Gasteiger partial charge is 0.234 e. The number of amides is 1. The molecular weight excluding hydrogens is 487 g/mol. The van der Waals surface area contributed by atoms with Gasteiger partial charge in [-0.2, -0.15) is 4.68 Å². The molecule has 35 heavy (non-hydrogen) atoms. The molecule has 11 heteroatoms. The number of rotatable bonds is 6. The lowest BCUT2D eigenvalue weighted by Crippen LogP contribution is -2.39. The Morgan fingerprint density at radius 3 is 2.69 bits per heavy atom. The maximum absolute atomic E-state index is 11.7. The number of carbonyl (C=O) groups excluding carboxylic acids is 1. The number of carbonyl (C=O) groups is 1. The highest BCUT2D eigenvalue weighted by molar-refractivity contribution is 6.43. The number of halogens is 2. The second kappa shape index (κ2) is 9.61. The summed E-state index contributed by atoms with van der Waals surface area (Å²) in [7, 11) is 0. The highest BCUT2D eigenvalue weighted by Crippen LogP contribution is 2.33. The Kier molecular flexibility index (Phi) is 6.38. The number of hydrogen-bond donors (Lipinski definition) is 2. The number of anilines is 1. The molecule has 178 valence electrons. The number of tetrazole rings is 1. The Hall–Kier alpha value is -3.53. The van der Waals surface area contributed by atoms with Gasteiger partial charge in [-0.1, -0.05) is 53.5 Å². The molecule has 1 amide bonds. The molecule has 1 aliphatic heterocycles. The van der Waals surface area contributed by atoms with Crippen LogP contribution in [0.1, 0.15) is 18.4 Å². The molecule has 5 rings (SSSR count). The normalized spacial score (nSPS) is 16.0. The molecule has 0 unspecified atom stereocenters. The lowest BCUT2D eigenvalue weighted by molar-refractivity contribution is -0.122. The van der Waals surface area contributed by atoms with Gasteiger partial charge in [0.05, 0.1) is 27.3 Å². The minimum absolute atomic E-state index is 0.197. The first-order valence-corrected chi connectivity index (χ1v) is 11.8. The van der Waals surface area contributed by atoms with Crippen molar-refractivity contribution < 1.29 is 4.79 Å². The van der Waals surface area contributed by atoms with E-state index in [-0.39, 0.29) is 17.8 Å². The zero-order valence-electron chi connectivity index (χ0n) is 18.6. The first kappa shape index (κ1) is 23.2. The van der Waals surface area contributed by atoms with Crippen LogP contribution in [0.25, 0.3) is 28.2 Å². The predicted octanol–water partition coefficient (Wildman–Crippen LogP) is 3.73. The van der Waals surface area contributed by atoms with Crippen LogP contribution < -0.4 is 11.5 Å². The molecule has 0 aliphatic carbocycles. The summed E-state index contributed by atoms with van der Waals surface area (Å²) in [5.74, 6) is 0.413. The number of nitrogens with zero attached hydrogens (tertiary/aromatic N) is 6. The van der Waals surface area contributed by atoms with Crippen molar-refractivity contribution >= 4 is 34.9 Å². The number of hydrogen-bond acceptors (Lipinski definition) is 7. The molecule has 1 aliphatic rings. The lowest BCUT2D eigenvalue weighted by Gasteiger charge is -2.21. The molecule has 2 aromatic carbocycles. The third-order valence-corrected chi connectivity index (χ3v) is 6.96. The van der Waals surface area contributed by atoms with E-state index in [4.69, 9.17) is 34.7 Å². The van der Waals surface area contributed by atoms with Crippen LogP contribution in [0, 0.1) is 0 Å². The van der Waals surface area contributed by atoms with Gasteiger partial charge in [0.1, 0.15) is 5.82 Å². The molecule has 2 aromatic heterocycles. The molecular formula is C24H22Cl2N8O. The van der Waals surface area contributed by atoms with E-state index in [1.165, 1.54) is 4.68 Å². The van der Waals surface area contributed by atoms with Crippen molar-refractivity contribution in [3.05, 3.63) is 70.3 Å². The summed E-state index contributed by atoms with van der Waals surface area (Å²) >= 11 is 12.6. The van der Waals surface area contributed by atoms with E-state index < -0.39 is 0 Å². The van der Waals surface area contributed by atoms with Gasteiger partial charge in [0.2, 0.25) is 5.91 Å². The van der Waals surface area contributed by atoms with Crippen LogP contribution in [0.3, 0.4) is 0 Å². The van der Waals surface area contributed by atoms with E-state index in [0.29, 0.717) is 33.7 Å². The fourth-order valence-electron chi connectivity index (χ4n) is 4.36. The average molecular weight is 509 g/mol. The zero-order valence-corrected chi connectivity index (χ0v) is 20.1. The minimum Gasteiger partial charge on any atom is -0.383 e. The second-order valence-electron chi connectivity index (χ2n) is 8.37. The van der Waals surface area contributed by atoms with E-state index in [0.717, 1.165) is 36.1 Å². The molecule has 3 heterocycles. The van der Waals surface area contributed by atoms with E-state index in [1.54, 1.807) is 24.4 Å². The largest absolute Gasteiger partial charge is 0.383 e. The molecule has 1 fully saturated rings. The van der Waals surface area contributed by atoms with Gasteiger partial charge in [0, 0.05) is 18.3 Å². The van der Waals surface area contributed by atoms with Gasteiger partial charge in [-0.05, 0) is 59.1 Å². The maximum Gasteiger partial charge on any atom is 0.234 e. The van der Waals surface area contributed by atoms with Crippen molar-refractivity contribution in [1.82, 2.24) is 30.1 Å². The average Bonchev–Trinajstić information content (AvgIpc) is 3.52. The van der Waals surface area contributed by atoms with E-state index in [9.17, 15) is 4.79 Å². The molecule has 0 spiro atoms. The van der Waals surface area contributed by atoms with E-state index in [2.05, 4.69) is 25.4 Å². The number of pyridine rings is 1. The van der Waals surface area contributed by atoms with E-state index >= 15 is 0 Å². The molecule has 4 N–H and O–H groups in total. The number of nitrogens with two attached hydrogens (primary N) is 2. The first-order valence-electron chi connectivity index (χ1n) is 11.0. The van der Waals surface area contributed by atoms with Gasteiger partial charge in [-0.3, -0.25) is 9.69 Å². The fourth-order valence-corrected chi connectivity index (χ4v) is 4.74. The molecule has 9 nitrogen and oxygen atoms in total. The Labute approximate surface area is 211 Å². The predicted molar refractivity (Wildman–Crippen MR) is 135 cm³/mol. The number of likely N-dealkylation sites (tertiary alicyclic amines) is 1. The van der Waals surface area contributed by atoms with Crippen molar-refractivity contribution in [3.63, 3.8) is 0 Å². The molecule has 4 aromatic rings. The second-order valence-corrected chi connectivity index (χ2v) is 9.16. The highest BCUT2D eigenvalue weighted by atomic mass is 35.5. The van der Waals surface area contributed by atoms with Crippen LogP contribution in [0.2, 0.25) is 10.0 Å². The number of benzene rings is 2. The molecule has 1 atom stereocenters. The molecule has 0 saturated carbocycles. The van der Waals surface area contributed by atoms with Crippen molar-refractivity contribution in [2.45, 2.75) is 25.4 Å². The topological polar surface area (TPSA) is 129 Å². The van der Waals surface area contributed by atoms with Crippen molar-refractivity contribution in [2.24, 2.45) is 5.73 Å². The van der Waals surface area contributed by atoms with Crippen LogP contribution >= 0.6 is 23.2 Å². The summed E-state index contributed by atoms with van der Waals surface area (Å²) in [4.78, 5) is 18.2. The van der Waals surface area contributed by atoms with Crippen LogP contribution in [0.5, 0.6) is 0 Å². The Morgan fingerprint density at radius 2 is 1.91 bits per heavy atom. The Bertz CT molecular complexity index is 1390. The molecule has 0 radical (unpaired) electrons. The fraction of sp³-hybridized carbons (Fsp3) is 0.208. The third-order valence-electron chi connectivity index (χ3n) is 6.15. The zero-order chi connectivity index (χ0) is 24.5. The Morgan fingerprint density at radius 1 is 1.11 bits per heavy atom. The SMILES string of the molecule is NC(=O)[C@@H]1CCCN1Cc1ccc(-c2cnc(N)c(-c3nnnn3-c3cccc(Cl)c3Cl)c2)cc1. The van der Waals surface area contributed by atoms with Crippen molar-refractivity contribution in [2.75, 3.05) is 12.3 Å². The van der Waals surface area contributed by atoms with Gasteiger partial charge >= 0.3 is 0 Å². The van der Waals surface area contributed by atoms with Crippen LogP contribution in [0.4, 0.5) is 5.82 Å². The van der Waals surface area contributed by atoms with Gasteiger partial charge in [0.25, 0.3) is 0 Å². The number of aromatic nitrogens is 5. The standard InChI is InChI=1S/C24H22Cl2N8O/c25-18-3-1-4-19(21(18)26)34-24(30-31-32-34)17-11-16(12-29-22(17)27)15-8-6-14(7-9-15)13-33-10-2-5-20(33)23(28)35/h1,3-4,6-9,11-12,20H,2,5,10,13H2,(H2,27,29)(H2,28,35)/t20-/m0/s1. The monoisotopic (exact) mass is 508 g/mol. The van der Waals surface area contributed by atoms with Crippen LogP contribution in [-0.4, -0.2) is 48.6 Å². The van der Waals surface area contributed by atoms with Gasteiger partial charge < -0.3 is 11.5 Å². The third kappa shape index (κ3) is 4.58. The van der Waals surface area contributed by atoms with Crippen LogP contribution in [-0.2, 0) is 11.3 Å².